The normalized spacial score (nSPS) is 11.2. The molecule has 4 aromatic heterocycles. The zero-order valence-corrected chi connectivity index (χ0v) is 18.5. The van der Waals surface area contributed by atoms with E-state index < -0.39 is 17.6 Å². The minimum atomic E-state index is -4.62. The van der Waals surface area contributed by atoms with Crippen molar-refractivity contribution in [2.24, 2.45) is 7.05 Å². The van der Waals surface area contributed by atoms with Gasteiger partial charge in [0.1, 0.15) is 11.4 Å². The van der Waals surface area contributed by atoms with Crippen LogP contribution in [0.5, 0.6) is 0 Å². The van der Waals surface area contributed by atoms with Gasteiger partial charge in [-0.25, -0.2) is 9.50 Å². The van der Waals surface area contributed by atoms with Crippen molar-refractivity contribution in [3.05, 3.63) is 89.8 Å². The highest BCUT2D eigenvalue weighted by Gasteiger charge is 2.31. The van der Waals surface area contributed by atoms with Gasteiger partial charge in [-0.15, -0.1) is 5.10 Å². The van der Waals surface area contributed by atoms with Gasteiger partial charge in [0, 0.05) is 42.5 Å². The van der Waals surface area contributed by atoms with E-state index in [0.717, 1.165) is 12.1 Å². The summed E-state index contributed by atoms with van der Waals surface area (Å²) in [5.41, 5.74) is 1.14. The molecule has 0 saturated carbocycles. The maximum Gasteiger partial charge on any atom is 0.416 e. The van der Waals surface area contributed by atoms with Gasteiger partial charge in [-0.3, -0.25) is 14.5 Å². The number of aryl methyl sites for hydroxylation is 1. The smallest absolute Gasteiger partial charge is 0.322 e. The molecule has 1 amide bonds. The Morgan fingerprint density at radius 3 is 2.72 bits per heavy atom. The maximum atomic E-state index is 13.5. The molecule has 0 radical (unpaired) electrons. The second kappa shape index (κ2) is 8.95. The number of pyridine rings is 1. The van der Waals surface area contributed by atoms with Crippen LogP contribution in [-0.4, -0.2) is 40.5 Å². The fourth-order valence-corrected chi connectivity index (χ4v) is 3.38. The molecule has 1 N–H and O–H groups in total. The van der Waals surface area contributed by atoms with E-state index in [1.165, 1.54) is 35.4 Å². The second-order valence-corrected chi connectivity index (χ2v) is 7.68. The summed E-state index contributed by atoms with van der Waals surface area (Å²) < 4.78 is 43.4. The van der Waals surface area contributed by atoms with E-state index in [4.69, 9.17) is 0 Å². The maximum absolute atomic E-state index is 13.5. The second-order valence-electron chi connectivity index (χ2n) is 7.68. The standard InChI is InChI=1S/C24H15F3N8O/c1-34-14-21(32-33-34)16-8-18(24(25,26)27)10-19(9-16)31-23(36)17-7-15(11-28-12-17)4-5-20-13-29-22-3-2-6-30-35(20)22/h2-3,6-14H,1H3,(H,31,36). The van der Waals surface area contributed by atoms with E-state index in [1.54, 1.807) is 36.1 Å². The summed E-state index contributed by atoms with van der Waals surface area (Å²) in [4.78, 5) is 21.1. The first kappa shape index (κ1) is 22.7. The first-order chi connectivity index (χ1) is 17.3. The van der Waals surface area contributed by atoms with Crippen LogP contribution in [0.15, 0.2) is 67.4 Å². The van der Waals surface area contributed by atoms with Crippen LogP contribution in [0.4, 0.5) is 18.9 Å². The molecule has 0 aliphatic heterocycles. The number of carbonyl (C=O) groups is 1. The number of amides is 1. The molecule has 0 bridgehead atoms. The molecule has 0 unspecified atom stereocenters. The molecule has 0 atom stereocenters. The van der Waals surface area contributed by atoms with Crippen molar-refractivity contribution in [3.63, 3.8) is 0 Å². The van der Waals surface area contributed by atoms with Gasteiger partial charge in [-0.05, 0) is 42.3 Å². The number of nitrogens with zero attached hydrogens (tertiary/aromatic N) is 7. The van der Waals surface area contributed by atoms with Gasteiger partial charge in [0.15, 0.2) is 5.65 Å². The van der Waals surface area contributed by atoms with Crippen molar-refractivity contribution in [2.75, 3.05) is 5.32 Å². The Morgan fingerprint density at radius 2 is 1.94 bits per heavy atom. The minimum Gasteiger partial charge on any atom is -0.322 e. The van der Waals surface area contributed by atoms with Gasteiger partial charge >= 0.3 is 6.18 Å². The molecule has 36 heavy (non-hydrogen) atoms. The summed E-state index contributed by atoms with van der Waals surface area (Å²) in [6.45, 7) is 0. The van der Waals surface area contributed by atoms with Crippen molar-refractivity contribution in [1.29, 1.82) is 0 Å². The summed E-state index contributed by atoms with van der Waals surface area (Å²) in [6.07, 6.45) is 2.80. The van der Waals surface area contributed by atoms with Crippen LogP contribution in [0.1, 0.15) is 27.2 Å². The highest BCUT2D eigenvalue weighted by molar-refractivity contribution is 6.04. The lowest BCUT2D eigenvalue weighted by Gasteiger charge is -2.12. The monoisotopic (exact) mass is 488 g/mol. The van der Waals surface area contributed by atoms with Crippen LogP contribution in [-0.2, 0) is 13.2 Å². The van der Waals surface area contributed by atoms with Crippen LogP contribution in [0.2, 0.25) is 0 Å². The average Bonchev–Trinajstić information content (AvgIpc) is 3.48. The Morgan fingerprint density at radius 1 is 1.08 bits per heavy atom. The van der Waals surface area contributed by atoms with Crippen LogP contribution >= 0.6 is 0 Å². The van der Waals surface area contributed by atoms with Gasteiger partial charge in [0.05, 0.1) is 23.5 Å². The fraction of sp³-hybridized carbons (Fsp3) is 0.0833. The number of rotatable bonds is 3. The number of hydrogen-bond donors (Lipinski definition) is 1. The molecular weight excluding hydrogens is 473 g/mol. The third kappa shape index (κ3) is 4.76. The largest absolute Gasteiger partial charge is 0.416 e. The van der Waals surface area contributed by atoms with Crippen molar-refractivity contribution in [3.8, 4) is 23.1 Å². The summed E-state index contributed by atoms with van der Waals surface area (Å²) >= 11 is 0. The molecule has 5 aromatic rings. The minimum absolute atomic E-state index is 0.0521. The van der Waals surface area contributed by atoms with Gasteiger partial charge in [-0.2, -0.15) is 18.3 Å². The topological polar surface area (TPSA) is 103 Å². The molecule has 4 heterocycles. The molecule has 0 spiro atoms. The Labute approximate surface area is 201 Å². The van der Waals surface area contributed by atoms with Crippen molar-refractivity contribution in [1.82, 2.24) is 34.6 Å². The van der Waals surface area contributed by atoms with Gasteiger partial charge < -0.3 is 5.32 Å². The first-order valence-electron chi connectivity index (χ1n) is 10.4. The van der Waals surface area contributed by atoms with Crippen LogP contribution < -0.4 is 5.32 Å². The molecule has 1 aromatic carbocycles. The lowest BCUT2D eigenvalue weighted by molar-refractivity contribution is -0.137. The van der Waals surface area contributed by atoms with E-state index >= 15 is 0 Å². The number of carbonyl (C=O) groups excluding carboxylic acids is 1. The number of benzene rings is 1. The number of imidazole rings is 1. The van der Waals surface area contributed by atoms with E-state index in [9.17, 15) is 18.0 Å². The summed E-state index contributed by atoms with van der Waals surface area (Å²) in [7, 11) is 1.60. The number of alkyl halides is 3. The Balaban J connectivity index is 1.42. The lowest BCUT2D eigenvalue weighted by atomic mass is 10.1. The highest BCUT2D eigenvalue weighted by Crippen LogP contribution is 2.34. The van der Waals surface area contributed by atoms with E-state index in [0.29, 0.717) is 16.9 Å². The number of aromatic nitrogens is 7. The molecule has 178 valence electrons. The predicted molar refractivity (Wildman–Crippen MR) is 123 cm³/mol. The SMILES string of the molecule is Cn1cc(-c2cc(NC(=O)c3cncc(C#Cc4cnc5cccnn45)c3)cc(C(F)(F)F)c2)nn1. The molecule has 12 heteroatoms. The van der Waals surface area contributed by atoms with Crippen LogP contribution in [0.25, 0.3) is 16.9 Å². The first-order valence-corrected chi connectivity index (χ1v) is 10.4. The molecule has 0 fully saturated rings. The van der Waals surface area contributed by atoms with Crippen molar-refractivity contribution < 1.29 is 18.0 Å². The number of nitrogens with one attached hydrogen (secondary N) is 1. The quantitative estimate of drug-likeness (QED) is 0.390. The number of anilines is 1. The van der Waals surface area contributed by atoms with Crippen molar-refractivity contribution in [2.45, 2.75) is 6.18 Å². The zero-order chi connectivity index (χ0) is 25.3. The summed E-state index contributed by atoms with van der Waals surface area (Å²) in [5, 5.41) is 14.3. The van der Waals surface area contributed by atoms with Gasteiger partial charge in [0.2, 0.25) is 0 Å². The van der Waals surface area contributed by atoms with E-state index in [1.807, 2.05) is 0 Å². The third-order valence-corrected chi connectivity index (χ3v) is 5.03. The predicted octanol–water partition coefficient (Wildman–Crippen LogP) is 3.59. The van der Waals surface area contributed by atoms with Crippen molar-refractivity contribution >= 4 is 17.2 Å². The number of hydrogen-bond acceptors (Lipinski definition) is 6. The zero-order valence-electron chi connectivity index (χ0n) is 18.5. The van der Waals surface area contributed by atoms with Crippen LogP contribution in [0.3, 0.4) is 0 Å². The molecule has 0 aliphatic carbocycles. The molecule has 9 nitrogen and oxygen atoms in total. The fourth-order valence-electron chi connectivity index (χ4n) is 3.38. The van der Waals surface area contributed by atoms with E-state index in [2.05, 4.69) is 42.5 Å². The average molecular weight is 488 g/mol. The van der Waals surface area contributed by atoms with E-state index in [-0.39, 0.29) is 22.5 Å². The summed E-state index contributed by atoms with van der Waals surface area (Å²) in [6, 6.07) is 8.23. The lowest BCUT2D eigenvalue weighted by Crippen LogP contribution is -2.14. The molecule has 5 rings (SSSR count). The number of fused-ring (bicyclic) bond motifs is 1. The van der Waals surface area contributed by atoms with Gasteiger partial charge in [0.25, 0.3) is 5.91 Å². The molecule has 0 aliphatic rings. The summed E-state index contributed by atoms with van der Waals surface area (Å²) in [5.74, 6) is 5.18. The Bertz CT molecular complexity index is 1660. The van der Waals surface area contributed by atoms with Gasteiger partial charge in [-0.1, -0.05) is 11.1 Å². The Kier molecular flexibility index (Phi) is 5.65. The molecule has 0 saturated heterocycles. The number of halogens is 3. The Hall–Kier alpha value is -5.05. The van der Waals surface area contributed by atoms with Crippen LogP contribution in [0, 0.1) is 11.8 Å². The molecular formula is C24H15F3N8O. The third-order valence-electron chi connectivity index (χ3n) is 5.03. The highest BCUT2D eigenvalue weighted by atomic mass is 19.4.